The number of carbonyl (C=O) groups excluding carboxylic acids is 1. The van der Waals surface area contributed by atoms with Crippen LogP contribution in [0.15, 0.2) is 24.7 Å². The van der Waals surface area contributed by atoms with Crippen molar-refractivity contribution >= 4 is 34.1 Å². The number of anilines is 1. The highest BCUT2D eigenvalue weighted by molar-refractivity contribution is 5.95. The number of H-pyrrole nitrogens is 1. The summed E-state index contributed by atoms with van der Waals surface area (Å²) >= 11 is 0. The summed E-state index contributed by atoms with van der Waals surface area (Å²) < 4.78 is 27.6. The van der Waals surface area contributed by atoms with Gasteiger partial charge in [-0.25, -0.2) is 23.7 Å². The maximum Gasteiger partial charge on any atom is 0.256 e. The lowest BCUT2D eigenvalue weighted by molar-refractivity contribution is -0.119. The van der Waals surface area contributed by atoms with E-state index < -0.39 is 13.0 Å². The number of carbonyl (C=O) groups is 1. The molecule has 1 fully saturated rings. The number of alkyl halides is 2. The number of rotatable bonds is 6. The Balaban J connectivity index is 1.36. The first-order chi connectivity index (χ1) is 16.4. The number of hydrogen-bond acceptors (Lipinski definition) is 6. The van der Waals surface area contributed by atoms with Crippen LogP contribution >= 0.6 is 0 Å². The Morgan fingerprint density at radius 3 is 2.68 bits per heavy atom. The molecule has 3 N–H and O–H groups in total. The zero-order valence-electron chi connectivity index (χ0n) is 19.0. The van der Waals surface area contributed by atoms with Gasteiger partial charge in [-0.05, 0) is 38.7 Å². The van der Waals surface area contributed by atoms with Crippen LogP contribution in [-0.2, 0) is 11.3 Å². The fraction of sp³-hybridized carbons (Fsp3) is 0.435. The van der Waals surface area contributed by atoms with Crippen molar-refractivity contribution in [1.82, 2.24) is 34.8 Å². The lowest BCUT2D eigenvalue weighted by Gasteiger charge is -2.29. The third-order valence-electron chi connectivity index (χ3n) is 6.33. The predicted molar refractivity (Wildman–Crippen MR) is 125 cm³/mol. The minimum absolute atomic E-state index is 0.00991. The van der Waals surface area contributed by atoms with Crippen LogP contribution in [0.2, 0.25) is 0 Å². The standard InChI is InChI=1S/C23H26F2N8O/c1-12-29-22-19(33(12)11-20(24)25)7-14(8-26-22)17-9-27-21-18(17)10-28-23(32-21)31-16-5-3-15(4-6-16)30-13(2)34/h7-10,15-16,20H,3-6,11H2,1-2H3,(H,30,34)(H2,27,28,31,32). The first-order valence-electron chi connectivity index (χ1n) is 11.4. The fourth-order valence-electron chi connectivity index (χ4n) is 4.70. The zero-order chi connectivity index (χ0) is 23.8. The molecule has 1 saturated carbocycles. The lowest BCUT2D eigenvalue weighted by Crippen LogP contribution is -2.39. The molecule has 0 spiro atoms. The summed E-state index contributed by atoms with van der Waals surface area (Å²) in [5, 5.41) is 7.20. The van der Waals surface area contributed by atoms with Crippen LogP contribution in [0.25, 0.3) is 33.3 Å². The number of pyridine rings is 1. The third kappa shape index (κ3) is 4.42. The summed E-state index contributed by atoms with van der Waals surface area (Å²) in [4.78, 5) is 32.2. The van der Waals surface area contributed by atoms with Crippen LogP contribution in [0.3, 0.4) is 0 Å². The molecule has 4 heterocycles. The topological polar surface area (TPSA) is 113 Å². The summed E-state index contributed by atoms with van der Waals surface area (Å²) in [6.07, 6.45) is 6.49. The first-order valence-corrected chi connectivity index (χ1v) is 11.4. The molecule has 1 aliphatic carbocycles. The zero-order valence-corrected chi connectivity index (χ0v) is 19.0. The predicted octanol–water partition coefficient (Wildman–Crippen LogP) is 3.80. The normalized spacial score (nSPS) is 18.6. The molecule has 0 aliphatic heterocycles. The summed E-state index contributed by atoms with van der Waals surface area (Å²) in [5.41, 5.74) is 3.30. The average molecular weight is 469 g/mol. The summed E-state index contributed by atoms with van der Waals surface area (Å²) in [6, 6.07) is 2.31. The van der Waals surface area contributed by atoms with E-state index in [4.69, 9.17) is 0 Å². The van der Waals surface area contributed by atoms with Crippen LogP contribution in [0.4, 0.5) is 14.7 Å². The number of fused-ring (bicyclic) bond motifs is 2. The Hall–Kier alpha value is -3.63. The molecule has 34 heavy (non-hydrogen) atoms. The van der Waals surface area contributed by atoms with Crippen molar-refractivity contribution in [1.29, 1.82) is 0 Å². The summed E-state index contributed by atoms with van der Waals surface area (Å²) in [6.45, 7) is 2.82. The van der Waals surface area contributed by atoms with E-state index in [1.54, 1.807) is 26.2 Å². The van der Waals surface area contributed by atoms with E-state index in [2.05, 4.69) is 35.6 Å². The lowest BCUT2D eigenvalue weighted by atomic mass is 9.91. The van der Waals surface area contributed by atoms with E-state index in [-0.39, 0.29) is 18.0 Å². The van der Waals surface area contributed by atoms with Crippen LogP contribution in [0, 0.1) is 6.92 Å². The molecular weight excluding hydrogens is 442 g/mol. The smallest absolute Gasteiger partial charge is 0.256 e. The van der Waals surface area contributed by atoms with Gasteiger partial charge in [0, 0.05) is 54.1 Å². The highest BCUT2D eigenvalue weighted by atomic mass is 19.3. The van der Waals surface area contributed by atoms with E-state index >= 15 is 0 Å². The Bertz CT molecular complexity index is 1340. The Kier molecular flexibility index (Phi) is 5.84. The molecule has 0 bridgehead atoms. The number of amides is 1. The molecule has 178 valence electrons. The van der Waals surface area contributed by atoms with Crippen molar-refractivity contribution in [3.8, 4) is 11.1 Å². The maximum absolute atomic E-state index is 13.1. The molecule has 1 aliphatic rings. The van der Waals surface area contributed by atoms with Gasteiger partial charge < -0.3 is 20.2 Å². The molecule has 0 atom stereocenters. The highest BCUT2D eigenvalue weighted by Crippen LogP contribution is 2.30. The van der Waals surface area contributed by atoms with E-state index in [0.29, 0.717) is 28.6 Å². The van der Waals surface area contributed by atoms with Crippen molar-refractivity contribution in [3.63, 3.8) is 0 Å². The van der Waals surface area contributed by atoms with E-state index in [1.807, 2.05) is 12.3 Å². The number of nitrogens with zero attached hydrogens (tertiary/aromatic N) is 5. The Labute approximate surface area is 194 Å². The van der Waals surface area contributed by atoms with Gasteiger partial charge in [0.2, 0.25) is 11.9 Å². The summed E-state index contributed by atoms with van der Waals surface area (Å²) in [5.74, 6) is 1.06. The SMILES string of the molecule is CC(=O)NC1CCC(Nc2ncc3c(-c4cnc5nc(C)n(CC(F)F)c5c4)c[nH]c3n2)CC1. The van der Waals surface area contributed by atoms with E-state index in [0.717, 1.165) is 42.2 Å². The molecule has 4 aromatic heterocycles. The minimum atomic E-state index is -2.48. The quantitative estimate of drug-likeness (QED) is 0.397. The Morgan fingerprint density at radius 2 is 1.94 bits per heavy atom. The second kappa shape index (κ2) is 8.96. The number of aromatic nitrogens is 6. The van der Waals surface area contributed by atoms with Crippen molar-refractivity contribution in [2.75, 3.05) is 5.32 Å². The molecule has 4 aromatic rings. The minimum Gasteiger partial charge on any atom is -0.354 e. The van der Waals surface area contributed by atoms with Gasteiger partial charge in [0.25, 0.3) is 6.43 Å². The number of imidazole rings is 1. The molecule has 5 rings (SSSR count). The fourth-order valence-corrected chi connectivity index (χ4v) is 4.70. The van der Waals surface area contributed by atoms with Crippen LogP contribution in [-0.4, -0.2) is 53.9 Å². The Morgan fingerprint density at radius 1 is 1.18 bits per heavy atom. The number of halogens is 2. The highest BCUT2D eigenvalue weighted by Gasteiger charge is 2.22. The van der Waals surface area contributed by atoms with Crippen LogP contribution in [0.5, 0.6) is 0 Å². The molecule has 0 radical (unpaired) electrons. The number of aryl methyl sites for hydroxylation is 1. The average Bonchev–Trinajstić information content (AvgIpc) is 3.34. The first kappa shape index (κ1) is 22.2. The summed E-state index contributed by atoms with van der Waals surface area (Å²) in [7, 11) is 0. The molecule has 0 unspecified atom stereocenters. The number of nitrogens with one attached hydrogen (secondary N) is 3. The number of aromatic amines is 1. The maximum atomic E-state index is 13.1. The van der Waals surface area contributed by atoms with E-state index in [9.17, 15) is 13.6 Å². The third-order valence-corrected chi connectivity index (χ3v) is 6.33. The van der Waals surface area contributed by atoms with Crippen molar-refractivity contribution in [2.24, 2.45) is 0 Å². The van der Waals surface area contributed by atoms with Gasteiger partial charge in [0.1, 0.15) is 11.5 Å². The van der Waals surface area contributed by atoms with Crippen LogP contribution < -0.4 is 10.6 Å². The van der Waals surface area contributed by atoms with Gasteiger partial charge >= 0.3 is 0 Å². The van der Waals surface area contributed by atoms with Gasteiger partial charge in [-0.1, -0.05) is 0 Å². The molecule has 9 nitrogen and oxygen atoms in total. The largest absolute Gasteiger partial charge is 0.354 e. The van der Waals surface area contributed by atoms with E-state index in [1.165, 1.54) is 4.57 Å². The van der Waals surface area contributed by atoms with Crippen LogP contribution in [0.1, 0.15) is 38.4 Å². The van der Waals surface area contributed by atoms with Gasteiger partial charge in [0.15, 0.2) is 5.65 Å². The van der Waals surface area contributed by atoms with Crippen molar-refractivity contribution in [2.45, 2.75) is 64.6 Å². The molecular formula is C23H26F2N8O. The van der Waals surface area contributed by atoms with Gasteiger partial charge in [0.05, 0.1) is 12.1 Å². The second-order valence-electron chi connectivity index (χ2n) is 8.78. The van der Waals surface area contributed by atoms with Gasteiger partial charge in [-0.15, -0.1) is 0 Å². The molecule has 11 heteroatoms. The van der Waals surface area contributed by atoms with Crippen molar-refractivity contribution < 1.29 is 13.6 Å². The second-order valence-corrected chi connectivity index (χ2v) is 8.78. The number of hydrogen-bond donors (Lipinski definition) is 3. The van der Waals surface area contributed by atoms with Gasteiger partial charge in [-0.3, -0.25) is 4.79 Å². The molecule has 0 saturated heterocycles. The van der Waals surface area contributed by atoms with Gasteiger partial charge in [-0.2, -0.15) is 4.98 Å². The molecule has 1 amide bonds. The molecule has 0 aromatic carbocycles. The monoisotopic (exact) mass is 468 g/mol. The van der Waals surface area contributed by atoms with Crippen molar-refractivity contribution in [3.05, 3.63) is 30.5 Å².